The molecule has 0 saturated carbocycles. The van der Waals surface area contributed by atoms with E-state index in [0.29, 0.717) is 9.37 Å². The Labute approximate surface area is 165 Å². The third-order valence-corrected chi connectivity index (χ3v) is 4.43. The molecule has 0 aliphatic carbocycles. The third kappa shape index (κ3) is 4.19. The Balaban J connectivity index is 1.87. The first kappa shape index (κ1) is 19.9. The van der Waals surface area contributed by atoms with Gasteiger partial charge in [0.2, 0.25) is 5.91 Å². The number of esters is 1. The van der Waals surface area contributed by atoms with Crippen molar-refractivity contribution < 1.29 is 32.3 Å². The van der Waals surface area contributed by atoms with E-state index in [9.17, 15) is 27.6 Å². The molecule has 2 aromatic rings. The van der Waals surface area contributed by atoms with Crippen LogP contribution in [0.2, 0.25) is 0 Å². The number of para-hydroxylation sites is 2. The van der Waals surface area contributed by atoms with Gasteiger partial charge in [-0.3, -0.25) is 14.5 Å². The molecule has 2 heterocycles. The van der Waals surface area contributed by atoms with Crippen LogP contribution in [0.4, 0.5) is 24.5 Å². The molecule has 28 heavy (non-hydrogen) atoms. The van der Waals surface area contributed by atoms with Crippen molar-refractivity contribution in [2.24, 2.45) is 0 Å². The zero-order chi connectivity index (χ0) is 20.5. The van der Waals surface area contributed by atoms with E-state index in [4.69, 9.17) is 4.74 Å². The van der Waals surface area contributed by atoms with Gasteiger partial charge in [0.1, 0.15) is 11.7 Å². The maximum Gasteiger partial charge on any atom is 0.409 e. The molecular formula is C17H13BrF3N3O4. The number of H-pyrrole nitrogens is 1. The molecule has 0 radical (unpaired) electrons. The van der Waals surface area contributed by atoms with Gasteiger partial charge in [0.15, 0.2) is 6.61 Å². The van der Waals surface area contributed by atoms with Crippen molar-refractivity contribution in [1.82, 2.24) is 4.98 Å². The first-order valence-electron chi connectivity index (χ1n) is 7.95. The van der Waals surface area contributed by atoms with Crippen LogP contribution in [0.25, 0.3) is 0 Å². The Kier molecular flexibility index (Phi) is 5.45. The number of hydrogen-bond acceptors (Lipinski definition) is 4. The van der Waals surface area contributed by atoms with Crippen LogP contribution >= 0.6 is 15.9 Å². The number of rotatable bonds is 3. The van der Waals surface area contributed by atoms with Gasteiger partial charge in [0.25, 0.3) is 5.91 Å². The summed E-state index contributed by atoms with van der Waals surface area (Å²) in [6.45, 7) is -0.926. The predicted octanol–water partition coefficient (Wildman–Crippen LogP) is 3.24. The maximum absolute atomic E-state index is 13.6. The van der Waals surface area contributed by atoms with Gasteiger partial charge in [0.05, 0.1) is 17.8 Å². The first-order chi connectivity index (χ1) is 13.2. The lowest BCUT2D eigenvalue weighted by Crippen LogP contribution is -2.51. The largest absolute Gasteiger partial charge is 0.451 e. The standard InChI is InChI=1S/C17H13BrF3N3O4/c18-9-5-11(22-7-9)16(27)28-8-15(26)24-12-4-2-1-3-10(12)23-14(25)6-13(24)17(19,20)21/h1-5,7,13,22H,6,8H2,(H,23,25). The average molecular weight is 460 g/mol. The Morgan fingerprint density at radius 2 is 2.00 bits per heavy atom. The highest BCUT2D eigenvalue weighted by atomic mass is 79.9. The molecule has 2 N–H and O–H groups in total. The Morgan fingerprint density at radius 3 is 2.64 bits per heavy atom. The van der Waals surface area contributed by atoms with Crippen molar-refractivity contribution in [2.45, 2.75) is 18.6 Å². The van der Waals surface area contributed by atoms with Crippen molar-refractivity contribution in [1.29, 1.82) is 0 Å². The fraction of sp³-hybridized carbons (Fsp3) is 0.235. The second-order valence-corrected chi connectivity index (χ2v) is 6.81. The SMILES string of the molecule is O=C1CC(C(F)(F)F)N(C(=O)COC(=O)c2cc(Br)c[nH]2)c2ccccc2N1. The number of ether oxygens (including phenoxy) is 1. The normalized spacial score (nSPS) is 16.8. The summed E-state index contributed by atoms with van der Waals surface area (Å²) in [6, 6.07) is 4.62. The molecule has 0 bridgehead atoms. The molecule has 0 spiro atoms. The van der Waals surface area contributed by atoms with E-state index in [-0.39, 0.29) is 17.1 Å². The minimum atomic E-state index is -4.86. The van der Waals surface area contributed by atoms with Crippen molar-refractivity contribution in [3.8, 4) is 0 Å². The van der Waals surface area contributed by atoms with Gasteiger partial charge in [-0.2, -0.15) is 13.2 Å². The molecule has 3 rings (SSSR count). The van der Waals surface area contributed by atoms with E-state index >= 15 is 0 Å². The number of benzene rings is 1. The summed E-state index contributed by atoms with van der Waals surface area (Å²) >= 11 is 3.13. The van der Waals surface area contributed by atoms with Gasteiger partial charge in [-0.1, -0.05) is 12.1 Å². The molecular weight excluding hydrogens is 447 g/mol. The predicted molar refractivity (Wildman–Crippen MR) is 95.8 cm³/mol. The molecule has 1 aromatic carbocycles. The number of hydrogen-bond donors (Lipinski definition) is 2. The van der Waals surface area contributed by atoms with E-state index in [0.717, 1.165) is 0 Å². The van der Waals surface area contributed by atoms with Crippen LogP contribution in [0.15, 0.2) is 41.0 Å². The number of halogens is 4. The van der Waals surface area contributed by atoms with Crippen molar-refractivity contribution >= 4 is 45.1 Å². The maximum atomic E-state index is 13.6. The Bertz CT molecular complexity index is 928. The molecule has 0 fully saturated rings. The lowest BCUT2D eigenvalue weighted by molar-refractivity contribution is -0.158. The number of fused-ring (bicyclic) bond motifs is 1. The number of carbonyl (C=O) groups excluding carboxylic acids is 3. The second kappa shape index (κ2) is 7.66. The average Bonchev–Trinajstić information content (AvgIpc) is 2.99. The minimum Gasteiger partial charge on any atom is -0.451 e. The summed E-state index contributed by atoms with van der Waals surface area (Å²) in [5, 5.41) is 2.35. The monoisotopic (exact) mass is 459 g/mol. The van der Waals surface area contributed by atoms with Gasteiger partial charge in [-0.05, 0) is 34.1 Å². The van der Waals surface area contributed by atoms with Crippen molar-refractivity contribution in [3.63, 3.8) is 0 Å². The van der Waals surface area contributed by atoms with Crippen LogP contribution < -0.4 is 10.2 Å². The zero-order valence-electron chi connectivity index (χ0n) is 14.0. The molecule has 1 aliphatic rings. The minimum absolute atomic E-state index is 0.0279. The van der Waals surface area contributed by atoms with Crippen LogP contribution in [0.1, 0.15) is 16.9 Å². The number of anilines is 2. The molecule has 1 aromatic heterocycles. The lowest BCUT2D eigenvalue weighted by atomic mass is 10.1. The van der Waals surface area contributed by atoms with Gasteiger partial charge in [-0.25, -0.2) is 4.79 Å². The highest BCUT2D eigenvalue weighted by Crippen LogP contribution is 2.37. The molecule has 1 aliphatic heterocycles. The van der Waals surface area contributed by atoms with Crippen LogP contribution in [-0.2, 0) is 14.3 Å². The van der Waals surface area contributed by atoms with Gasteiger partial charge < -0.3 is 15.0 Å². The van der Waals surface area contributed by atoms with Gasteiger partial charge >= 0.3 is 12.1 Å². The molecule has 1 unspecified atom stereocenters. The quantitative estimate of drug-likeness (QED) is 0.689. The molecule has 2 amide bonds. The summed E-state index contributed by atoms with van der Waals surface area (Å²) in [6.07, 6.45) is -4.37. The van der Waals surface area contributed by atoms with Gasteiger partial charge in [0, 0.05) is 10.7 Å². The van der Waals surface area contributed by atoms with E-state index in [2.05, 4.69) is 26.2 Å². The second-order valence-electron chi connectivity index (χ2n) is 5.90. The summed E-state index contributed by atoms with van der Waals surface area (Å²) in [5.41, 5.74) is -0.0354. The number of alkyl halides is 3. The molecule has 148 valence electrons. The fourth-order valence-corrected chi connectivity index (χ4v) is 3.10. The number of amides is 2. The molecule has 7 nitrogen and oxygen atoms in total. The summed E-state index contributed by atoms with van der Waals surface area (Å²) in [4.78, 5) is 39.5. The first-order valence-corrected chi connectivity index (χ1v) is 8.75. The Morgan fingerprint density at radius 1 is 1.29 bits per heavy atom. The molecule has 1 atom stereocenters. The number of nitrogens with one attached hydrogen (secondary N) is 2. The summed E-state index contributed by atoms with van der Waals surface area (Å²) in [7, 11) is 0. The van der Waals surface area contributed by atoms with Crippen LogP contribution in [-0.4, -0.2) is 41.6 Å². The zero-order valence-corrected chi connectivity index (χ0v) is 15.6. The third-order valence-electron chi connectivity index (χ3n) is 3.97. The van der Waals surface area contributed by atoms with Crippen LogP contribution in [0.5, 0.6) is 0 Å². The Hall–Kier alpha value is -2.82. The fourth-order valence-electron chi connectivity index (χ4n) is 2.76. The number of aromatic amines is 1. The van der Waals surface area contributed by atoms with E-state index in [1.54, 1.807) is 0 Å². The van der Waals surface area contributed by atoms with E-state index in [1.165, 1.54) is 36.5 Å². The smallest absolute Gasteiger partial charge is 0.409 e. The van der Waals surface area contributed by atoms with Gasteiger partial charge in [-0.15, -0.1) is 0 Å². The van der Waals surface area contributed by atoms with Crippen LogP contribution in [0, 0.1) is 0 Å². The topological polar surface area (TPSA) is 91.5 Å². The highest BCUT2D eigenvalue weighted by molar-refractivity contribution is 9.10. The summed E-state index contributed by atoms with van der Waals surface area (Å²) < 4.78 is 46.1. The molecule has 0 saturated heterocycles. The van der Waals surface area contributed by atoms with Crippen molar-refractivity contribution in [2.75, 3.05) is 16.8 Å². The van der Waals surface area contributed by atoms with E-state index < -0.39 is 43.0 Å². The number of carbonyl (C=O) groups is 3. The van der Waals surface area contributed by atoms with E-state index in [1.807, 2.05) is 0 Å². The van der Waals surface area contributed by atoms with Crippen LogP contribution in [0.3, 0.4) is 0 Å². The highest BCUT2D eigenvalue weighted by Gasteiger charge is 2.49. The molecule has 11 heteroatoms. The van der Waals surface area contributed by atoms with Crippen molar-refractivity contribution in [3.05, 3.63) is 46.7 Å². The number of aromatic nitrogens is 1. The number of nitrogens with zero attached hydrogens (tertiary/aromatic N) is 1. The summed E-state index contributed by atoms with van der Waals surface area (Å²) in [5.74, 6) is -2.89. The lowest BCUT2D eigenvalue weighted by Gasteiger charge is -2.31.